The molecule has 0 saturated carbocycles. The third-order valence-corrected chi connectivity index (χ3v) is 4.71. The second-order valence-corrected chi connectivity index (χ2v) is 6.48. The van der Waals surface area contributed by atoms with E-state index in [1.807, 2.05) is 0 Å². The van der Waals surface area contributed by atoms with E-state index < -0.39 is 23.4 Å². The molecule has 2 amide bonds. The first-order chi connectivity index (χ1) is 14.3. The third kappa shape index (κ3) is 3.59. The van der Waals surface area contributed by atoms with Crippen LogP contribution in [-0.4, -0.2) is 56.2 Å². The zero-order valence-corrected chi connectivity index (χ0v) is 16.6. The number of benzene rings is 2. The van der Waals surface area contributed by atoms with E-state index in [9.17, 15) is 23.5 Å². The summed E-state index contributed by atoms with van der Waals surface area (Å²) in [7, 11) is 4.45. The molecule has 0 bridgehead atoms. The van der Waals surface area contributed by atoms with E-state index in [4.69, 9.17) is 9.47 Å². The number of rotatable bonds is 7. The number of methoxy groups -OCH3 is 2. The molecule has 2 aromatic carbocycles. The molecule has 7 nitrogen and oxygen atoms in total. The Morgan fingerprint density at radius 2 is 1.67 bits per heavy atom. The lowest BCUT2D eigenvalue weighted by atomic mass is 10.0. The summed E-state index contributed by atoms with van der Waals surface area (Å²) >= 11 is 0. The minimum atomic E-state index is -1.18. The molecule has 9 heteroatoms. The maximum absolute atomic E-state index is 13.8. The van der Waals surface area contributed by atoms with Gasteiger partial charge < -0.3 is 19.5 Å². The van der Waals surface area contributed by atoms with Crippen LogP contribution < -0.4 is 14.4 Å². The molecule has 0 aliphatic carbocycles. The molecule has 0 spiro atoms. The highest BCUT2D eigenvalue weighted by atomic mass is 19.2. The molecule has 0 aromatic heterocycles. The number of ether oxygens (including phenoxy) is 2. The number of amides is 2. The highest BCUT2D eigenvalue weighted by Crippen LogP contribution is 2.38. The molecule has 0 radical (unpaired) electrons. The summed E-state index contributed by atoms with van der Waals surface area (Å²) in [6, 6.07) is 7.49. The van der Waals surface area contributed by atoms with Crippen molar-refractivity contribution in [1.82, 2.24) is 4.90 Å². The molecule has 0 saturated heterocycles. The van der Waals surface area contributed by atoms with Crippen LogP contribution in [-0.2, 0) is 9.59 Å². The highest BCUT2D eigenvalue weighted by molar-refractivity contribution is 6.45. The molecular formula is C21H20F2N2O5. The monoisotopic (exact) mass is 418 g/mol. The first kappa shape index (κ1) is 21.3. The van der Waals surface area contributed by atoms with Crippen LogP contribution in [0.25, 0.3) is 5.57 Å². The molecule has 0 atom stereocenters. The molecular weight excluding hydrogens is 398 g/mol. The predicted octanol–water partition coefficient (Wildman–Crippen LogP) is 2.19. The molecule has 158 valence electrons. The minimum Gasteiger partial charge on any atom is -0.493 e. The van der Waals surface area contributed by atoms with Gasteiger partial charge in [0.2, 0.25) is 0 Å². The van der Waals surface area contributed by atoms with E-state index in [1.54, 1.807) is 25.2 Å². The summed E-state index contributed by atoms with van der Waals surface area (Å²) in [6.07, 6.45) is 0. The van der Waals surface area contributed by atoms with Gasteiger partial charge in [-0.2, -0.15) is 0 Å². The van der Waals surface area contributed by atoms with Gasteiger partial charge in [-0.25, -0.2) is 13.7 Å². The average molecular weight is 418 g/mol. The largest absolute Gasteiger partial charge is 0.493 e. The van der Waals surface area contributed by atoms with Gasteiger partial charge in [0.25, 0.3) is 11.8 Å². The van der Waals surface area contributed by atoms with Crippen LogP contribution in [0.3, 0.4) is 0 Å². The number of carbonyl (C=O) groups is 2. The van der Waals surface area contributed by atoms with Crippen LogP contribution >= 0.6 is 0 Å². The number of carbonyl (C=O) groups excluding carboxylic acids is 2. The van der Waals surface area contributed by atoms with Crippen LogP contribution in [0.1, 0.15) is 5.56 Å². The fourth-order valence-corrected chi connectivity index (χ4v) is 3.24. The van der Waals surface area contributed by atoms with Crippen molar-refractivity contribution in [3.8, 4) is 11.5 Å². The predicted molar refractivity (Wildman–Crippen MR) is 105 cm³/mol. The van der Waals surface area contributed by atoms with Crippen LogP contribution in [0.15, 0.2) is 42.1 Å². The maximum atomic E-state index is 13.8. The Balaban J connectivity index is 2.16. The van der Waals surface area contributed by atoms with Gasteiger partial charge >= 0.3 is 0 Å². The molecule has 1 aliphatic rings. The molecule has 0 unspecified atom stereocenters. The highest BCUT2D eigenvalue weighted by Gasteiger charge is 2.42. The van der Waals surface area contributed by atoms with Crippen LogP contribution in [0.4, 0.5) is 14.5 Å². The van der Waals surface area contributed by atoms with E-state index in [2.05, 4.69) is 0 Å². The lowest BCUT2D eigenvalue weighted by molar-refractivity contribution is -0.120. The maximum Gasteiger partial charge on any atom is 0.282 e. The fourth-order valence-electron chi connectivity index (χ4n) is 3.24. The third-order valence-electron chi connectivity index (χ3n) is 4.71. The second-order valence-electron chi connectivity index (χ2n) is 6.48. The number of hydrogen-bond donors (Lipinski definition) is 1. The summed E-state index contributed by atoms with van der Waals surface area (Å²) in [4.78, 5) is 28.6. The summed E-state index contributed by atoms with van der Waals surface area (Å²) in [6.45, 7) is -0.178. The number of halogens is 2. The van der Waals surface area contributed by atoms with E-state index in [0.717, 1.165) is 23.1 Å². The number of anilines is 1. The summed E-state index contributed by atoms with van der Waals surface area (Å²) < 4.78 is 37.6. The van der Waals surface area contributed by atoms with Gasteiger partial charge in [0.05, 0.1) is 32.1 Å². The minimum absolute atomic E-state index is 0.0194. The Hall–Kier alpha value is -3.46. The van der Waals surface area contributed by atoms with Crippen LogP contribution in [0.5, 0.6) is 11.5 Å². The Kier molecular flexibility index (Phi) is 6.02. The number of aliphatic hydroxyl groups excluding tert-OH is 1. The standard InChI is InChI=1S/C21H20F2N2O5/c1-24(8-9-26)19-18(12-4-7-16(29-2)17(10-12)30-3)20(27)25(21(19)28)13-5-6-14(22)15(23)11-13/h4-7,10-11,26H,8-9H2,1-3H3. The first-order valence-corrected chi connectivity index (χ1v) is 8.96. The normalized spacial score (nSPS) is 13.9. The Labute approximate surface area is 171 Å². The Morgan fingerprint density at radius 1 is 0.967 bits per heavy atom. The molecule has 1 aliphatic heterocycles. The van der Waals surface area contributed by atoms with Crippen molar-refractivity contribution in [3.63, 3.8) is 0 Å². The smallest absolute Gasteiger partial charge is 0.282 e. The molecule has 30 heavy (non-hydrogen) atoms. The van der Waals surface area contributed by atoms with Crippen LogP contribution in [0.2, 0.25) is 0 Å². The number of likely N-dealkylation sites (N-methyl/N-ethyl adjacent to an activating group) is 1. The number of nitrogens with zero attached hydrogens (tertiary/aromatic N) is 2. The zero-order chi connectivity index (χ0) is 22.0. The van der Waals surface area contributed by atoms with Gasteiger partial charge in [-0.3, -0.25) is 9.59 Å². The summed E-state index contributed by atoms with van der Waals surface area (Å²) in [5, 5.41) is 9.30. The first-order valence-electron chi connectivity index (χ1n) is 8.96. The van der Waals surface area contributed by atoms with Gasteiger partial charge in [-0.1, -0.05) is 6.07 Å². The molecule has 1 heterocycles. The quantitative estimate of drug-likeness (QED) is 0.695. The van der Waals surface area contributed by atoms with Crippen molar-refractivity contribution in [3.05, 3.63) is 59.3 Å². The SMILES string of the molecule is COc1ccc(C2=C(N(C)CCO)C(=O)N(c3ccc(F)c(F)c3)C2=O)cc1OC. The van der Waals surface area contributed by atoms with E-state index in [1.165, 1.54) is 19.1 Å². The van der Waals surface area contributed by atoms with Gasteiger partial charge in [0.1, 0.15) is 5.70 Å². The summed E-state index contributed by atoms with van der Waals surface area (Å²) in [5.74, 6) is -2.93. The van der Waals surface area contributed by atoms with Crippen molar-refractivity contribution in [1.29, 1.82) is 0 Å². The lowest BCUT2D eigenvalue weighted by Crippen LogP contribution is -2.35. The average Bonchev–Trinajstić information content (AvgIpc) is 3.00. The van der Waals surface area contributed by atoms with Gasteiger partial charge in [0.15, 0.2) is 23.1 Å². The zero-order valence-electron chi connectivity index (χ0n) is 16.6. The molecule has 2 aromatic rings. The van der Waals surface area contributed by atoms with Crippen molar-refractivity contribution < 1.29 is 33.0 Å². The van der Waals surface area contributed by atoms with Crippen molar-refractivity contribution in [2.75, 3.05) is 39.3 Å². The fraction of sp³-hybridized carbons (Fsp3) is 0.238. The van der Waals surface area contributed by atoms with Gasteiger partial charge in [-0.15, -0.1) is 0 Å². The van der Waals surface area contributed by atoms with E-state index in [-0.39, 0.29) is 30.1 Å². The Bertz CT molecular complexity index is 1040. The van der Waals surface area contributed by atoms with E-state index in [0.29, 0.717) is 17.1 Å². The lowest BCUT2D eigenvalue weighted by Gasteiger charge is -2.20. The van der Waals surface area contributed by atoms with Gasteiger partial charge in [-0.05, 0) is 29.8 Å². The van der Waals surface area contributed by atoms with Gasteiger partial charge in [0, 0.05) is 19.7 Å². The molecule has 0 fully saturated rings. The number of aliphatic hydroxyl groups is 1. The topological polar surface area (TPSA) is 79.3 Å². The molecule has 3 rings (SSSR count). The van der Waals surface area contributed by atoms with Crippen molar-refractivity contribution in [2.24, 2.45) is 0 Å². The van der Waals surface area contributed by atoms with Crippen molar-refractivity contribution in [2.45, 2.75) is 0 Å². The number of imide groups is 1. The molecule has 1 N–H and O–H groups in total. The summed E-state index contributed by atoms with van der Waals surface area (Å²) in [5.41, 5.74) is 0.331. The van der Waals surface area contributed by atoms with E-state index >= 15 is 0 Å². The van der Waals surface area contributed by atoms with Crippen LogP contribution in [0, 0.1) is 11.6 Å². The van der Waals surface area contributed by atoms with Crippen molar-refractivity contribution >= 4 is 23.1 Å². The second kappa shape index (κ2) is 8.50. The Morgan fingerprint density at radius 3 is 2.27 bits per heavy atom. The number of hydrogen-bond acceptors (Lipinski definition) is 6.